The second kappa shape index (κ2) is 5.77. The Morgan fingerprint density at radius 2 is 1.87 bits per heavy atom. The Morgan fingerprint density at radius 3 is 2.70 bits per heavy atom. The maximum absolute atomic E-state index is 6.49. The summed E-state index contributed by atoms with van der Waals surface area (Å²) < 4.78 is 5.55. The lowest BCUT2D eigenvalue weighted by Crippen LogP contribution is -2.29. The standard InChI is InChI=1S/C19H17Cl2NO/c1-23-16-10-4-7-13-11-5-2-6-12(11)18(22-19(13)16)14-8-3-9-15(20)17(14)21/h2-5,7-12,18,22H,6H2,1H3/t11-,12+,18-/m0/s1. The third kappa shape index (κ3) is 2.32. The van der Waals surface area contributed by atoms with Crippen LogP contribution in [-0.4, -0.2) is 7.11 Å². The molecule has 0 fully saturated rings. The van der Waals surface area contributed by atoms with Gasteiger partial charge in [-0.2, -0.15) is 0 Å². The number of para-hydroxylation sites is 1. The van der Waals surface area contributed by atoms with Crippen LogP contribution in [0.4, 0.5) is 5.69 Å². The number of anilines is 1. The van der Waals surface area contributed by atoms with Crippen LogP contribution in [-0.2, 0) is 0 Å². The molecule has 0 saturated heterocycles. The number of hydrogen-bond acceptors (Lipinski definition) is 2. The van der Waals surface area contributed by atoms with Crippen molar-refractivity contribution in [2.24, 2.45) is 5.92 Å². The van der Waals surface area contributed by atoms with Crippen molar-refractivity contribution in [1.82, 2.24) is 0 Å². The summed E-state index contributed by atoms with van der Waals surface area (Å²) in [6.45, 7) is 0. The monoisotopic (exact) mass is 345 g/mol. The normalized spacial score (nSPS) is 24.7. The lowest BCUT2D eigenvalue weighted by Gasteiger charge is -2.38. The van der Waals surface area contributed by atoms with Crippen molar-refractivity contribution >= 4 is 28.9 Å². The maximum atomic E-state index is 6.49. The molecule has 3 atom stereocenters. The van der Waals surface area contributed by atoms with Crippen LogP contribution < -0.4 is 10.1 Å². The summed E-state index contributed by atoms with van der Waals surface area (Å²) in [7, 11) is 1.70. The quantitative estimate of drug-likeness (QED) is 0.691. The van der Waals surface area contributed by atoms with E-state index in [1.165, 1.54) is 5.56 Å². The zero-order valence-corrected chi connectivity index (χ0v) is 14.2. The topological polar surface area (TPSA) is 21.3 Å². The fraction of sp³-hybridized carbons (Fsp3) is 0.263. The van der Waals surface area contributed by atoms with Gasteiger partial charge in [-0.3, -0.25) is 0 Å². The predicted octanol–water partition coefficient (Wildman–Crippen LogP) is 5.83. The highest BCUT2D eigenvalue weighted by atomic mass is 35.5. The van der Waals surface area contributed by atoms with E-state index < -0.39 is 0 Å². The van der Waals surface area contributed by atoms with E-state index in [2.05, 4.69) is 35.7 Å². The number of nitrogens with one attached hydrogen (secondary N) is 1. The largest absolute Gasteiger partial charge is 0.495 e. The van der Waals surface area contributed by atoms with E-state index in [-0.39, 0.29) is 6.04 Å². The Morgan fingerprint density at radius 1 is 1.09 bits per heavy atom. The molecule has 2 aromatic carbocycles. The Balaban J connectivity index is 1.85. The number of fused-ring (bicyclic) bond motifs is 3. The van der Waals surface area contributed by atoms with Gasteiger partial charge >= 0.3 is 0 Å². The fourth-order valence-electron chi connectivity index (χ4n) is 3.83. The molecule has 2 aromatic rings. The van der Waals surface area contributed by atoms with E-state index >= 15 is 0 Å². The van der Waals surface area contributed by atoms with E-state index in [4.69, 9.17) is 27.9 Å². The lowest BCUT2D eigenvalue weighted by molar-refractivity contribution is 0.397. The first-order chi connectivity index (χ1) is 11.2. The second-order valence-corrected chi connectivity index (χ2v) is 6.83. The van der Waals surface area contributed by atoms with Crippen LogP contribution >= 0.6 is 23.2 Å². The molecular weight excluding hydrogens is 329 g/mol. The molecule has 2 nitrogen and oxygen atoms in total. The molecule has 1 N–H and O–H groups in total. The highest BCUT2D eigenvalue weighted by molar-refractivity contribution is 6.42. The highest BCUT2D eigenvalue weighted by Crippen LogP contribution is 2.53. The molecule has 0 unspecified atom stereocenters. The molecule has 0 aromatic heterocycles. The van der Waals surface area contributed by atoms with Crippen LogP contribution in [0.2, 0.25) is 10.0 Å². The molecule has 23 heavy (non-hydrogen) atoms. The molecule has 1 aliphatic carbocycles. The molecule has 1 heterocycles. The van der Waals surface area contributed by atoms with Crippen LogP contribution in [0.25, 0.3) is 0 Å². The van der Waals surface area contributed by atoms with Crippen molar-refractivity contribution in [1.29, 1.82) is 0 Å². The van der Waals surface area contributed by atoms with Gasteiger partial charge in [0.1, 0.15) is 5.75 Å². The van der Waals surface area contributed by atoms with Gasteiger partial charge in [-0.15, -0.1) is 0 Å². The number of ether oxygens (including phenoxy) is 1. The highest BCUT2D eigenvalue weighted by Gasteiger charge is 2.39. The van der Waals surface area contributed by atoms with Crippen molar-refractivity contribution in [3.8, 4) is 5.75 Å². The maximum Gasteiger partial charge on any atom is 0.142 e. The molecule has 0 radical (unpaired) electrons. The van der Waals surface area contributed by atoms with Gasteiger partial charge in [0.15, 0.2) is 0 Å². The van der Waals surface area contributed by atoms with Crippen LogP contribution in [0.5, 0.6) is 5.75 Å². The van der Waals surface area contributed by atoms with Gasteiger partial charge < -0.3 is 10.1 Å². The Hall–Kier alpha value is -1.64. The second-order valence-electron chi connectivity index (χ2n) is 6.04. The van der Waals surface area contributed by atoms with Gasteiger partial charge in [0.05, 0.1) is 28.9 Å². The molecule has 118 valence electrons. The van der Waals surface area contributed by atoms with Gasteiger partial charge in [0.2, 0.25) is 0 Å². The Bertz CT molecular complexity index is 787. The summed E-state index contributed by atoms with van der Waals surface area (Å²) in [6.07, 6.45) is 5.59. The van der Waals surface area contributed by atoms with Crippen molar-refractivity contribution in [3.05, 3.63) is 69.7 Å². The summed E-state index contributed by atoms with van der Waals surface area (Å²) >= 11 is 12.7. The minimum absolute atomic E-state index is 0.116. The molecular formula is C19H17Cl2NO. The molecule has 0 spiro atoms. The molecule has 0 amide bonds. The Kier molecular flexibility index (Phi) is 3.74. The first kappa shape index (κ1) is 14.9. The molecule has 4 heteroatoms. The van der Waals surface area contributed by atoms with Gasteiger partial charge in [0, 0.05) is 5.92 Å². The summed E-state index contributed by atoms with van der Waals surface area (Å²) in [5, 5.41) is 4.90. The van der Waals surface area contributed by atoms with E-state index in [1.54, 1.807) is 7.11 Å². The minimum Gasteiger partial charge on any atom is -0.495 e. The lowest BCUT2D eigenvalue weighted by atomic mass is 9.77. The smallest absolute Gasteiger partial charge is 0.142 e. The van der Waals surface area contributed by atoms with Crippen LogP contribution in [0, 0.1) is 5.92 Å². The first-order valence-corrected chi connectivity index (χ1v) is 8.50. The number of rotatable bonds is 2. The number of halogens is 2. The van der Waals surface area contributed by atoms with Gasteiger partial charge in [-0.05, 0) is 35.6 Å². The number of allylic oxidation sites excluding steroid dienone is 2. The molecule has 1 aliphatic heterocycles. The third-order valence-electron chi connectivity index (χ3n) is 4.89. The van der Waals surface area contributed by atoms with Gasteiger partial charge in [-0.25, -0.2) is 0 Å². The summed E-state index contributed by atoms with van der Waals surface area (Å²) in [6, 6.07) is 12.2. The Labute approximate surface area is 146 Å². The summed E-state index contributed by atoms with van der Waals surface area (Å²) in [4.78, 5) is 0. The number of hydrogen-bond donors (Lipinski definition) is 1. The van der Waals surface area contributed by atoms with Gasteiger partial charge in [0.25, 0.3) is 0 Å². The molecule has 2 aliphatic rings. The number of benzene rings is 2. The van der Waals surface area contributed by atoms with Crippen molar-refractivity contribution < 1.29 is 4.74 Å². The third-order valence-corrected chi connectivity index (χ3v) is 5.73. The fourth-order valence-corrected chi connectivity index (χ4v) is 4.26. The van der Waals surface area contributed by atoms with Crippen LogP contribution in [0.1, 0.15) is 29.5 Å². The van der Waals surface area contributed by atoms with E-state index in [0.717, 1.165) is 23.4 Å². The molecule has 4 rings (SSSR count). The summed E-state index contributed by atoms with van der Waals surface area (Å²) in [5.74, 6) is 1.68. The minimum atomic E-state index is 0.116. The van der Waals surface area contributed by atoms with Crippen LogP contribution in [0.15, 0.2) is 48.6 Å². The zero-order chi connectivity index (χ0) is 16.0. The van der Waals surface area contributed by atoms with Crippen LogP contribution in [0.3, 0.4) is 0 Å². The SMILES string of the molecule is COc1cccc2c1N[C@H](c1cccc(Cl)c1Cl)[C@@H]1CC=C[C@H]21. The zero-order valence-electron chi connectivity index (χ0n) is 12.7. The van der Waals surface area contributed by atoms with E-state index in [1.807, 2.05) is 18.2 Å². The van der Waals surface area contributed by atoms with Crippen molar-refractivity contribution in [2.45, 2.75) is 18.4 Å². The average Bonchev–Trinajstić information content (AvgIpc) is 3.06. The molecule has 0 bridgehead atoms. The number of methoxy groups -OCH3 is 1. The van der Waals surface area contributed by atoms with Crippen molar-refractivity contribution in [3.63, 3.8) is 0 Å². The van der Waals surface area contributed by atoms with E-state index in [0.29, 0.717) is 21.9 Å². The average molecular weight is 346 g/mol. The predicted molar refractivity (Wildman–Crippen MR) is 95.8 cm³/mol. The van der Waals surface area contributed by atoms with E-state index in [9.17, 15) is 0 Å². The summed E-state index contributed by atoms with van der Waals surface area (Å²) in [5.41, 5.74) is 3.40. The first-order valence-electron chi connectivity index (χ1n) is 7.74. The molecule has 0 saturated carbocycles. The van der Waals surface area contributed by atoms with Crippen molar-refractivity contribution in [2.75, 3.05) is 12.4 Å². The van der Waals surface area contributed by atoms with Gasteiger partial charge in [-0.1, -0.05) is 59.6 Å².